The maximum absolute atomic E-state index is 13.2. The maximum atomic E-state index is 13.2. The molecule has 9 saturated heterocycles. The number of rotatable bonds is 6. The van der Waals surface area contributed by atoms with E-state index in [1.807, 2.05) is 0 Å². The average Bonchev–Trinajstić information content (AvgIpc) is 1.62. The van der Waals surface area contributed by atoms with Gasteiger partial charge in [-0.1, -0.05) is 0 Å². The molecule has 0 radical (unpaired) electrons. The molecule has 0 saturated carbocycles. The van der Waals surface area contributed by atoms with Gasteiger partial charge in [-0.15, -0.1) is 0 Å². The summed E-state index contributed by atoms with van der Waals surface area (Å²) in [6.45, 7) is -4.76. The predicted octanol–water partition coefficient (Wildman–Crippen LogP) is -3.96. The Labute approximate surface area is 729 Å². The topological polar surface area (TPSA) is 872 Å². The normalized spacial score (nSPS) is 38.3. The molecule has 708 valence electrons. The van der Waals surface area contributed by atoms with Gasteiger partial charge in [-0.3, -0.25) is 96.1 Å². The van der Waals surface area contributed by atoms with Gasteiger partial charge in [0, 0.05) is 18.6 Å². The Hall–Kier alpha value is -9.51. The van der Waals surface area contributed by atoms with E-state index in [2.05, 4.69) is 74.8 Å². The van der Waals surface area contributed by atoms with Crippen molar-refractivity contribution in [1.82, 2.24) is 102 Å². The van der Waals surface area contributed by atoms with Crippen LogP contribution in [0.4, 0.5) is 17.1 Å². The first-order valence-corrected chi connectivity index (χ1v) is 47.6. The summed E-state index contributed by atoms with van der Waals surface area (Å²) in [6, 6.07) is 4.53. The van der Waals surface area contributed by atoms with E-state index in [4.69, 9.17) is 99.9 Å². The lowest BCUT2D eigenvalue weighted by molar-refractivity contribution is -0.0676. The van der Waals surface area contributed by atoms with E-state index in [0.717, 1.165) is 38.0 Å². The van der Waals surface area contributed by atoms with Crippen molar-refractivity contribution in [2.45, 2.75) is 147 Å². The number of aliphatic hydroxyl groups excluding tert-OH is 6. The highest BCUT2D eigenvalue weighted by molar-refractivity contribution is 7.48. The molecule has 18 unspecified atom stereocenters. The highest BCUT2D eigenvalue weighted by atomic mass is 31.2. The zero-order chi connectivity index (χ0) is 92.9. The van der Waals surface area contributed by atoms with Crippen molar-refractivity contribution in [3.63, 3.8) is 0 Å². The molecule has 12 aromatic heterocycles. The number of aliphatic hydroxyl groups is 6. The molecule has 69 heteroatoms. The standard InChI is InChI=1S/3C21H24N8O13P2/c22-8-1-2-23-17-11(8)26-6-29(17)21-16-13(30)9(39-21)3-37-43(33,34)41-15-10(4-38-44(35,36)42-16)40-20(14(15)31)28-7-27-12-18(28)24-5-25-19(12)32;22-8-1-2-23-17-11(8)26-6-28(17)20-14(31)15-10(40-20)4-38-44(35,36)42-16-13(30)9(3-37-43(33,34)41-15)39-21(16)29-7-27-12-18(29)24-5-25-19(12)32;22-8-1-2-23-17-11(8)26-6-28(17)20-15-13(30)9(39-20)3-37-44(35,36)42-16-14(31)10(4-38-43(33,34)41-15)40-21(16)29-7-27-12-18(29)24-5-25-19(12)32/h3*1-2,5-7,9-10,13-16,20-21,30-31H,3-4H2,(H2,22,23)(H,33,34)(H,35,36)(H,24,25,32)/t3*9?,10?,13-,14-,15-,16-,20?,21?/m111/s1. The first-order chi connectivity index (χ1) is 62.8. The summed E-state index contributed by atoms with van der Waals surface area (Å²) >= 11 is 0. The number of nitrogen functional groups attached to an aromatic ring is 3. The number of H-pyrrole nitrogens is 3. The summed E-state index contributed by atoms with van der Waals surface area (Å²) < 4.78 is 184. The highest BCUT2D eigenvalue weighted by Crippen LogP contribution is 2.59. The van der Waals surface area contributed by atoms with Gasteiger partial charge < -0.3 is 121 Å². The number of fused-ring (bicyclic) bond motifs is 16. The Morgan fingerprint density at radius 2 is 0.485 bits per heavy atom. The minimum atomic E-state index is -5.07. The Morgan fingerprint density at radius 1 is 0.280 bits per heavy atom. The van der Waals surface area contributed by atoms with Crippen LogP contribution >= 0.6 is 46.9 Å². The highest BCUT2D eigenvalue weighted by Gasteiger charge is 2.59. The summed E-state index contributed by atoms with van der Waals surface area (Å²) in [7, 11) is -30.3. The van der Waals surface area contributed by atoms with Crippen LogP contribution in [0.3, 0.4) is 0 Å². The number of nitrogens with zero attached hydrogens (tertiary/aromatic N) is 18. The Balaban J connectivity index is 0.000000128. The zero-order valence-corrected chi connectivity index (χ0v) is 71.5. The lowest BCUT2D eigenvalue weighted by atomic mass is 10.1. The number of aromatic nitrogens is 21. The number of phosphoric ester groups is 6. The fraction of sp³-hybridized carbons (Fsp3) is 0.476. The number of hydrogen-bond acceptors (Lipinski definition) is 48. The van der Waals surface area contributed by atoms with Gasteiger partial charge in [0.2, 0.25) is 0 Å². The van der Waals surface area contributed by atoms with Crippen LogP contribution in [0.25, 0.3) is 67.0 Å². The molecule has 0 amide bonds. The quantitative estimate of drug-likeness (QED) is 0.0707. The molecule has 21 heterocycles. The zero-order valence-electron chi connectivity index (χ0n) is 66.1. The molecule has 30 atom stereocenters. The first-order valence-electron chi connectivity index (χ1n) is 38.6. The van der Waals surface area contributed by atoms with Crippen molar-refractivity contribution in [2.75, 3.05) is 56.8 Å². The van der Waals surface area contributed by atoms with Gasteiger partial charge in [-0.25, -0.2) is 87.2 Å². The third-order valence-electron chi connectivity index (χ3n) is 22.0. The van der Waals surface area contributed by atoms with Gasteiger partial charge in [0.25, 0.3) is 16.7 Å². The second-order valence-electron chi connectivity index (χ2n) is 30.2. The van der Waals surface area contributed by atoms with E-state index in [1.54, 1.807) is 0 Å². The lowest BCUT2D eigenvalue weighted by Gasteiger charge is -2.26. The average molecular weight is 1980 g/mol. The number of phosphoric acid groups is 6. The smallest absolute Gasteiger partial charge is 0.397 e. The predicted molar refractivity (Wildman–Crippen MR) is 424 cm³/mol. The molecular formula is C63H72N24O39P6. The minimum Gasteiger partial charge on any atom is -0.397 e. The second-order valence-corrected chi connectivity index (χ2v) is 38.6. The van der Waals surface area contributed by atoms with E-state index in [0.29, 0.717) is 11.2 Å². The van der Waals surface area contributed by atoms with Gasteiger partial charge in [-0.2, -0.15) is 0 Å². The van der Waals surface area contributed by atoms with Gasteiger partial charge >= 0.3 is 46.9 Å². The third kappa shape index (κ3) is 17.4. The molecule has 9 fully saturated rings. The molecular weight excluding hydrogens is 1900 g/mol. The summed E-state index contributed by atoms with van der Waals surface area (Å²) in [6.07, 6.45) is -22.4. The molecule has 0 aliphatic carbocycles. The number of nitrogens with two attached hydrogens (primary N) is 3. The lowest BCUT2D eigenvalue weighted by Crippen LogP contribution is -2.38. The van der Waals surface area contributed by atoms with Crippen LogP contribution in [0.2, 0.25) is 0 Å². The van der Waals surface area contributed by atoms with Crippen LogP contribution in [0, 0.1) is 0 Å². The largest absolute Gasteiger partial charge is 0.472 e. The molecule has 21 N–H and O–H groups in total. The SMILES string of the molecule is Nc1ccnc2c1ncn2C1OC2COP(=O)(O)O[C@@H]3C(COP(=O)(O)O[C@@H]1[C@@H]2O)OC(n1cnc2c(=O)[nH]cnc21)[C@@H]3O.Nc1ccnc2c1ncn2C1OC2COP(=O)(O)O[C@H]3C(n4cnc5c(=O)[nH]cnc54)OC(COP(=O)(O)O[C@@H]1[C@@H]2O)[C@H]3O.Nc1ccnc2c1ncn2C1OC2COP(=O)(O)O[C@H]3C(n4cnc5c(=O)[nH]cnc54)OC(COP(=O)(O)O[C@H]2[C@H]1O)[C@H]3O. The first kappa shape index (κ1) is 91.6. The molecule has 9 aliphatic heterocycles. The molecule has 0 aromatic carbocycles. The van der Waals surface area contributed by atoms with E-state index in [9.17, 15) is 102 Å². The van der Waals surface area contributed by atoms with Gasteiger partial charge in [0.1, 0.15) is 126 Å². The number of aromatic amines is 3. The number of pyridine rings is 3. The Bertz CT molecular complexity index is 6920. The van der Waals surface area contributed by atoms with E-state index >= 15 is 0 Å². The summed E-state index contributed by atoms with van der Waals surface area (Å²) in [5.41, 5.74) is 18.0. The summed E-state index contributed by atoms with van der Waals surface area (Å²) in [4.78, 5) is 156. The number of hydrogen-bond donors (Lipinski definition) is 18. The van der Waals surface area contributed by atoms with Gasteiger partial charge in [-0.05, 0) is 18.2 Å². The molecule has 9 aliphatic rings. The molecule has 12 aromatic rings. The molecule has 8 bridgehead atoms. The summed E-state index contributed by atoms with van der Waals surface area (Å²) in [5.74, 6) is 0. The monoisotopic (exact) mass is 1970 g/mol. The van der Waals surface area contributed by atoms with Gasteiger partial charge in [0.05, 0.1) is 114 Å². The fourth-order valence-electron chi connectivity index (χ4n) is 15.9. The number of ether oxygens (including phenoxy) is 6. The number of anilines is 3. The Kier molecular flexibility index (Phi) is 24.3. The van der Waals surface area contributed by atoms with E-state index < -0.39 is 250 Å². The molecule has 132 heavy (non-hydrogen) atoms. The maximum Gasteiger partial charge on any atom is 0.472 e. The van der Waals surface area contributed by atoms with Gasteiger partial charge in [0.15, 0.2) is 87.8 Å². The van der Waals surface area contributed by atoms with Crippen molar-refractivity contribution in [1.29, 1.82) is 0 Å². The van der Waals surface area contributed by atoms with Crippen molar-refractivity contribution >= 4 is 131 Å². The van der Waals surface area contributed by atoms with Crippen molar-refractivity contribution in [3.8, 4) is 0 Å². The molecule has 0 spiro atoms. The van der Waals surface area contributed by atoms with E-state index in [-0.39, 0.29) is 72.8 Å². The second kappa shape index (κ2) is 35.0. The van der Waals surface area contributed by atoms with Crippen LogP contribution in [0.1, 0.15) is 37.4 Å². The van der Waals surface area contributed by atoms with Crippen LogP contribution < -0.4 is 33.9 Å². The summed E-state index contributed by atoms with van der Waals surface area (Å²) in [5, 5.41) is 66.3. The molecule has 21 rings (SSSR count). The van der Waals surface area contributed by atoms with E-state index in [1.165, 1.54) is 83.2 Å². The van der Waals surface area contributed by atoms with Crippen LogP contribution in [0.5, 0.6) is 0 Å². The van der Waals surface area contributed by atoms with Crippen molar-refractivity contribution in [3.05, 3.63) is 125 Å². The van der Waals surface area contributed by atoms with Crippen LogP contribution in [-0.2, 0) is 110 Å². The van der Waals surface area contributed by atoms with Crippen LogP contribution in [0.15, 0.2) is 108 Å². The van der Waals surface area contributed by atoms with Crippen molar-refractivity contribution in [2.24, 2.45) is 0 Å². The third-order valence-corrected chi connectivity index (χ3v) is 27.9. The van der Waals surface area contributed by atoms with Crippen molar-refractivity contribution < 1.29 is 170 Å². The minimum absolute atomic E-state index is 0.00383. The number of nitrogens with one attached hydrogen (secondary N) is 3. The fourth-order valence-corrected chi connectivity index (χ4v) is 21.5. The Morgan fingerprint density at radius 3 is 0.735 bits per heavy atom. The number of imidazole rings is 6. The van der Waals surface area contributed by atoms with Crippen LogP contribution in [-0.4, -0.2) is 312 Å². The molecule has 63 nitrogen and oxygen atoms in total.